The van der Waals surface area contributed by atoms with E-state index in [2.05, 4.69) is 0 Å². The van der Waals surface area contributed by atoms with Crippen molar-refractivity contribution < 1.29 is 14.7 Å². The molecular formula is C11H19NO3S. The van der Waals surface area contributed by atoms with Crippen LogP contribution in [0.15, 0.2) is 0 Å². The first-order chi connectivity index (χ1) is 7.49. The second-order valence-electron chi connectivity index (χ2n) is 4.53. The molecule has 0 spiro atoms. The van der Waals surface area contributed by atoms with Gasteiger partial charge in [0.1, 0.15) is 0 Å². The highest BCUT2D eigenvalue weighted by Crippen LogP contribution is 2.29. The number of likely N-dealkylation sites (tertiary alicyclic amines) is 1. The molecule has 1 fully saturated rings. The maximum absolute atomic E-state index is 11.8. The van der Waals surface area contributed by atoms with Crippen LogP contribution < -0.4 is 0 Å². The number of hydrogen-bond acceptors (Lipinski definition) is 3. The van der Waals surface area contributed by atoms with Crippen LogP contribution in [0.5, 0.6) is 0 Å². The van der Waals surface area contributed by atoms with Crippen LogP contribution in [0.2, 0.25) is 0 Å². The Kier molecular flexibility index (Phi) is 4.65. The highest BCUT2D eigenvalue weighted by atomic mass is 32.2. The third kappa shape index (κ3) is 3.14. The molecule has 5 heteroatoms. The van der Waals surface area contributed by atoms with Gasteiger partial charge >= 0.3 is 5.97 Å². The lowest BCUT2D eigenvalue weighted by molar-refractivity contribution is -0.153. The van der Waals surface area contributed by atoms with E-state index in [1.165, 1.54) is 0 Å². The number of hydrogen-bond donors (Lipinski definition) is 1. The smallest absolute Gasteiger partial charge is 0.311 e. The Bertz CT molecular complexity index is 282. The van der Waals surface area contributed by atoms with Crippen molar-refractivity contribution in [2.45, 2.75) is 26.2 Å². The van der Waals surface area contributed by atoms with E-state index in [0.29, 0.717) is 25.9 Å². The van der Waals surface area contributed by atoms with E-state index in [1.54, 1.807) is 23.6 Å². The lowest BCUT2D eigenvalue weighted by Crippen LogP contribution is -2.48. The predicted octanol–water partition coefficient (Wildman–Crippen LogP) is 1.45. The molecule has 1 saturated heterocycles. The quantitative estimate of drug-likeness (QED) is 0.814. The summed E-state index contributed by atoms with van der Waals surface area (Å²) in [6.07, 6.45) is 3.92. The first-order valence-corrected chi connectivity index (χ1v) is 6.89. The van der Waals surface area contributed by atoms with E-state index in [9.17, 15) is 9.59 Å². The predicted molar refractivity (Wildman–Crippen MR) is 64.6 cm³/mol. The summed E-state index contributed by atoms with van der Waals surface area (Å²) in [7, 11) is 0. The number of carboxylic acid groups (broad SMARTS) is 1. The Morgan fingerprint density at radius 3 is 2.75 bits per heavy atom. The van der Waals surface area contributed by atoms with Gasteiger partial charge in [0.2, 0.25) is 5.91 Å². The molecule has 1 aliphatic heterocycles. The van der Waals surface area contributed by atoms with E-state index < -0.39 is 11.4 Å². The molecule has 1 unspecified atom stereocenters. The SMILES string of the molecule is CSCCC(=O)N1CCCC(C)(C(=O)O)C1. The summed E-state index contributed by atoms with van der Waals surface area (Å²) >= 11 is 1.64. The van der Waals surface area contributed by atoms with Crippen LogP contribution in [0.25, 0.3) is 0 Å². The maximum atomic E-state index is 11.8. The summed E-state index contributed by atoms with van der Waals surface area (Å²) in [4.78, 5) is 24.6. The number of amides is 1. The molecule has 0 bridgehead atoms. The molecule has 4 nitrogen and oxygen atoms in total. The number of carboxylic acids is 1. The first-order valence-electron chi connectivity index (χ1n) is 5.50. The van der Waals surface area contributed by atoms with Gasteiger partial charge in [-0.2, -0.15) is 11.8 Å². The van der Waals surface area contributed by atoms with E-state index in [4.69, 9.17) is 5.11 Å². The fourth-order valence-electron chi connectivity index (χ4n) is 1.97. The monoisotopic (exact) mass is 245 g/mol. The van der Waals surface area contributed by atoms with Gasteiger partial charge in [0.15, 0.2) is 0 Å². The van der Waals surface area contributed by atoms with E-state index in [-0.39, 0.29) is 5.91 Å². The van der Waals surface area contributed by atoms with Gasteiger partial charge in [-0.25, -0.2) is 0 Å². The average Bonchev–Trinajstić information content (AvgIpc) is 2.25. The van der Waals surface area contributed by atoms with E-state index in [1.807, 2.05) is 6.26 Å². The van der Waals surface area contributed by atoms with Crippen molar-refractivity contribution in [2.24, 2.45) is 5.41 Å². The average molecular weight is 245 g/mol. The lowest BCUT2D eigenvalue weighted by Gasteiger charge is -2.37. The number of rotatable bonds is 4. The van der Waals surface area contributed by atoms with Gasteiger partial charge in [-0.05, 0) is 26.0 Å². The van der Waals surface area contributed by atoms with Crippen molar-refractivity contribution in [3.8, 4) is 0 Å². The molecule has 1 aliphatic rings. The summed E-state index contributed by atoms with van der Waals surface area (Å²) in [5.41, 5.74) is -0.757. The number of nitrogens with zero attached hydrogens (tertiary/aromatic N) is 1. The fraction of sp³-hybridized carbons (Fsp3) is 0.818. The third-order valence-electron chi connectivity index (χ3n) is 3.09. The van der Waals surface area contributed by atoms with Gasteiger partial charge in [-0.1, -0.05) is 0 Å². The zero-order valence-electron chi connectivity index (χ0n) is 9.86. The third-order valence-corrected chi connectivity index (χ3v) is 3.70. The Balaban J connectivity index is 2.56. The molecule has 1 rings (SSSR count). The normalized spacial score (nSPS) is 25.5. The van der Waals surface area contributed by atoms with Crippen molar-refractivity contribution in [1.82, 2.24) is 4.90 Å². The molecule has 92 valence electrons. The molecule has 16 heavy (non-hydrogen) atoms. The van der Waals surface area contributed by atoms with E-state index in [0.717, 1.165) is 12.2 Å². The van der Waals surface area contributed by atoms with Gasteiger partial charge in [-0.15, -0.1) is 0 Å². The Labute approximate surface area is 100 Å². The van der Waals surface area contributed by atoms with Crippen LogP contribution in [0.1, 0.15) is 26.2 Å². The Hall–Kier alpha value is -0.710. The Morgan fingerprint density at radius 1 is 1.50 bits per heavy atom. The largest absolute Gasteiger partial charge is 0.481 e. The molecule has 1 amide bonds. The molecule has 0 saturated carbocycles. The van der Waals surface area contributed by atoms with Crippen LogP contribution >= 0.6 is 11.8 Å². The van der Waals surface area contributed by atoms with Crippen LogP contribution in [0, 0.1) is 5.41 Å². The fourth-order valence-corrected chi connectivity index (χ4v) is 2.35. The number of carbonyl (C=O) groups excluding carboxylic acids is 1. The van der Waals surface area contributed by atoms with Gasteiger partial charge in [-0.3, -0.25) is 9.59 Å². The molecule has 1 heterocycles. The topological polar surface area (TPSA) is 57.6 Å². The summed E-state index contributed by atoms with van der Waals surface area (Å²) < 4.78 is 0. The molecule has 1 atom stereocenters. The Morgan fingerprint density at radius 2 is 2.19 bits per heavy atom. The second kappa shape index (κ2) is 5.57. The molecule has 0 aliphatic carbocycles. The molecule has 1 N–H and O–H groups in total. The standard InChI is InChI=1S/C11H19NO3S/c1-11(10(14)15)5-3-6-12(8-11)9(13)4-7-16-2/h3-8H2,1-2H3,(H,14,15). The highest BCUT2D eigenvalue weighted by Gasteiger charge is 2.39. The van der Waals surface area contributed by atoms with E-state index >= 15 is 0 Å². The van der Waals surface area contributed by atoms with Gasteiger partial charge in [0.25, 0.3) is 0 Å². The first kappa shape index (κ1) is 13.4. The number of carbonyl (C=O) groups is 2. The zero-order valence-corrected chi connectivity index (χ0v) is 10.7. The van der Waals surface area contributed by atoms with Crippen LogP contribution in [-0.2, 0) is 9.59 Å². The van der Waals surface area contributed by atoms with Crippen LogP contribution in [0.3, 0.4) is 0 Å². The summed E-state index contributed by atoms with van der Waals surface area (Å²) in [6, 6.07) is 0. The minimum atomic E-state index is -0.796. The van der Waals surface area contributed by atoms with Crippen LogP contribution in [-0.4, -0.2) is 47.0 Å². The van der Waals surface area contributed by atoms with Crippen molar-refractivity contribution in [2.75, 3.05) is 25.1 Å². The van der Waals surface area contributed by atoms with Gasteiger partial charge < -0.3 is 10.0 Å². The molecule has 0 aromatic heterocycles. The molecule has 0 aromatic carbocycles. The zero-order chi connectivity index (χ0) is 12.2. The van der Waals surface area contributed by atoms with Crippen LogP contribution in [0.4, 0.5) is 0 Å². The minimum Gasteiger partial charge on any atom is -0.481 e. The van der Waals surface area contributed by atoms with Gasteiger partial charge in [0.05, 0.1) is 5.41 Å². The van der Waals surface area contributed by atoms with Crippen molar-refractivity contribution in [3.05, 3.63) is 0 Å². The molecular weight excluding hydrogens is 226 g/mol. The minimum absolute atomic E-state index is 0.0847. The molecule has 0 radical (unpaired) electrons. The summed E-state index contributed by atoms with van der Waals surface area (Å²) in [5.74, 6) is 0.0930. The number of aliphatic carboxylic acids is 1. The van der Waals surface area contributed by atoms with Crippen molar-refractivity contribution in [3.63, 3.8) is 0 Å². The summed E-state index contributed by atoms with van der Waals surface area (Å²) in [6.45, 7) is 2.79. The molecule has 0 aromatic rings. The number of piperidine rings is 1. The van der Waals surface area contributed by atoms with Crippen molar-refractivity contribution in [1.29, 1.82) is 0 Å². The maximum Gasteiger partial charge on any atom is 0.311 e. The van der Waals surface area contributed by atoms with Gasteiger partial charge in [0, 0.05) is 25.3 Å². The highest BCUT2D eigenvalue weighted by molar-refractivity contribution is 7.98. The number of thioether (sulfide) groups is 1. The van der Waals surface area contributed by atoms with Crippen molar-refractivity contribution >= 4 is 23.6 Å². The lowest BCUT2D eigenvalue weighted by atomic mass is 9.82. The summed E-state index contributed by atoms with van der Waals surface area (Å²) in [5, 5.41) is 9.13. The second-order valence-corrected chi connectivity index (χ2v) is 5.51.